The van der Waals surface area contributed by atoms with Crippen LogP contribution in [-0.2, 0) is 12.7 Å². The number of hydrogen-bond acceptors (Lipinski definition) is 3. The number of halogens is 4. The topological polar surface area (TPSA) is 79.2 Å². The smallest absolute Gasteiger partial charge is 0.416 e. The number of nitrogens with one attached hydrogen (secondary N) is 2. The van der Waals surface area contributed by atoms with Crippen molar-refractivity contribution in [1.29, 1.82) is 0 Å². The Balaban J connectivity index is 1.28. The highest BCUT2D eigenvalue weighted by Gasteiger charge is 2.30. The Morgan fingerprint density at radius 2 is 1.82 bits per heavy atom. The Morgan fingerprint density at radius 3 is 2.50 bits per heavy atom. The summed E-state index contributed by atoms with van der Waals surface area (Å²) in [5.74, 6) is 0.517. The minimum Gasteiger partial charge on any atom is -0.507 e. The summed E-state index contributed by atoms with van der Waals surface area (Å²) in [4.78, 5) is 16.5. The van der Waals surface area contributed by atoms with Crippen LogP contribution in [0.4, 0.5) is 23.7 Å². The zero-order chi connectivity index (χ0) is 24.3. The minimum atomic E-state index is -4.41. The predicted octanol–water partition coefficient (Wildman–Crippen LogP) is 6.31. The van der Waals surface area contributed by atoms with E-state index in [1.54, 1.807) is 30.7 Å². The number of benzene rings is 2. The van der Waals surface area contributed by atoms with Gasteiger partial charge in [0.25, 0.3) is 0 Å². The van der Waals surface area contributed by atoms with Crippen LogP contribution in [0.25, 0.3) is 11.3 Å². The average molecular weight is 493 g/mol. The summed E-state index contributed by atoms with van der Waals surface area (Å²) in [6.45, 7) is 0.728. The third kappa shape index (κ3) is 5.83. The fraction of sp³-hybridized carbons (Fsp3) is 0.333. The van der Waals surface area contributed by atoms with Gasteiger partial charge >= 0.3 is 12.2 Å². The Labute approximate surface area is 199 Å². The lowest BCUT2D eigenvalue weighted by Gasteiger charge is -2.29. The first-order valence-electron chi connectivity index (χ1n) is 10.9. The summed E-state index contributed by atoms with van der Waals surface area (Å²) < 4.78 is 40.0. The van der Waals surface area contributed by atoms with Crippen LogP contribution < -0.4 is 10.6 Å². The van der Waals surface area contributed by atoms with Crippen LogP contribution in [0, 0.1) is 5.92 Å². The molecule has 1 aliphatic carbocycles. The Hall–Kier alpha value is -3.20. The lowest BCUT2D eigenvalue weighted by molar-refractivity contribution is -0.137. The molecule has 1 aromatic heterocycles. The van der Waals surface area contributed by atoms with Gasteiger partial charge < -0.3 is 20.3 Å². The van der Waals surface area contributed by atoms with Crippen LogP contribution in [0.2, 0.25) is 5.02 Å². The number of nitrogens with zero attached hydrogens (tertiary/aromatic N) is 2. The number of rotatable bonds is 5. The standard InChI is InChI=1S/C24H24ClF3N4O2/c25-17-5-10-22(33)20(11-17)21-12-29-14-32(21)13-15-1-6-18(7-2-15)30-23(34)31-19-8-3-16(4-9-19)24(26,27)28/h3-5,8-12,14-15,18,33H,1-2,6-7,13H2,(H2,30,31,34). The number of carbonyl (C=O) groups is 1. The normalized spacial score (nSPS) is 18.5. The number of urea groups is 1. The van der Waals surface area contributed by atoms with Gasteiger partial charge in [0.05, 0.1) is 23.8 Å². The van der Waals surface area contributed by atoms with Crippen molar-refractivity contribution < 1.29 is 23.1 Å². The maximum Gasteiger partial charge on any atom is 0.416 e. The van der Waals surface area contributed by atoms with E-state index in [2.05, 4.69) is 15.6 Å². The number of aromatic nitrogens is 2. The monoisotopic (exact) mass is 492 g/mol. The van der Waals surface area contributed by atoms with Gasteiger partial charge in [-0.25, -0.2) is 9.78 Å². The van der Waals surface area contributed by atoms with Gasteiger partial charge in [0.2, 0.25) is 0 Å². The van der Waals surface area contributed by atoms with Crippen molar-refractivity contribution in [1.82, 2.24) is 14.9 Å². The number of carbonyl (C=O) groups excluding carboxylic acids is 1. The number of phenolic OH excluding ortho intramolecular Hbond substituents is 1. The molecule has 6 nitrogen and oxygen atoms in total. The van der Waals surface area contributed by atoms with Crippen LogP contribution in [0.15, 0.2) is 55.0 Å². The molecular formula is C24H24ClF3N4O2. The quantitative estimate of drug-likeness (QED) is 0.390. The van der Waals surface area contributed by atoms with Gasteiger partial charge in [-0.15, -0.1) is 0 Å². The fourth-order valence-corrected chi connectivity index (χ4v) is 4.44. The first-order valence-corrected chi connectivity index (χ1v) is 11.3. The molecule has 2 aromatic carbocycles. The maximum absolute atomic E-state index is 12.7. The number of anilines is 1. The highest BCUT2D eigenvalue weighted by molar-refractivity contribution is 6.30. The second-order valence-electron chi connectivity index (χ2n) is 8.48. The average Bonchev–Trinajstić information content (AvgIpc) is 3.24. The molecule has 3 N–H and O–H groups in total. The molecule has 1 heterocycles. The first kappa shape index (κ1) is 23.9. The number of amides is 2. The molecule has 1 aliphatic rings. The molecule has 2 amide bonds. The summed E-state index contributed by atoms with van der Waals surface area (Å²) >= 11 is 6.09. The molecule has 34 heavy (non-hydrogen) atoms. The molecule has 0 unspecified atom stereocenters. The Bertz CT molecular complexity index is 1140. The van der Waals surface area contributed by atoms with Crippen LogP contribution in [-0.4, -0.2) is 26.7 Å². The van der Waals surface area contributed by atoms with Gasteiger partial charge in [-0.05, 0) is 74.1 Å². The highest BCUT2D eigenvalue weighted by atomic mass is 35.5. The maximum atomic E-state index is 12.7. The van der Waals surface area contributed by atoms with Gasteiger partial charge in [-0.3, -0.25) is 0 Å². The largest absolute Gasteiger partial charge is 0.507 e. The summed E-state index contributed by atoms with van der Waals surface area (Å²) in [5, 5.41) is 16.2. The van der Waals surface area contributed by atoms with E-state index in [0.717, 1.165) is 50.1 Å². The molecule has 180 valence electrons. The molecule has 0 spiro atoms. The van der Waals surface area contributed by atoms with Crippen LogP contribution in [0.3, 0.4) is 0 Å². The van der Waals surface area contributed by atoms with Crippen LogP contribution in [0.1, 0.15) is 31.2 Å². The number of alkyl halides is 3. The summed E-state index contributed by atoms with van der Waals surface area (Å²) in [7, 11) is 0. The van der Waals surface area contributed by atoms with Crippen molar-refractivity contribution in [2.75, 3.05) is 5.32 Å². The molecule has 1 saturated carbocycles. The van der Waals surface area contributed by atoms with E-state index < -0.39 is 17.8 Å². The zero-order valence-corrected chi connectivity index (χ0v) is 18.9. The van der Waals surface area contributed by atoms with E-state index in [9.17, 15) is 23.1 Å². The number of aromatic hydroxyl groups is 1. The molecular weight excluding hydrogens is 469 g/mol. The Morgan fingerprint density at radius 1 is 1.12 bits per heavy atom. The van der Waals surface area contributed by atoms with Gasteiger partial charge in [-0.2, -0.15) is 13.2 Å². The molecule has 0 bridgehead atoms. The third-order valence-corrected chi connectivity index (χ3v) is 6.29. The molecule has 0 aliphatic heterocycles. The molecule has 1 fully saturated rings. The van der Waals surface area contributed by atoms with Gasteiger partial charge in [-0.1, -0.05) is 11.6 Å². The predicted molar refractivity (Wildman–Crippen MR) is 124 cm³/mol. The molecule has 4 rings (SSSR count). The molecule has 3 aromatic rings. The molecule has 0 radical (unpaired) electrons. The number of imidazole rings is 1. The second-order valence-corrected chi connectivity index (χ2v) is 8.92. The van der Waals surface area contributed by atoms with Gasteiger partial charge in [0, 0.05) is 28.9 Å². The van der Waals surface area contributed by atoms with Crippen molar-refractivity contribution in [3.63, 3.8) is 0 Å². The first-order chi connectivity index (χ1) is 16.2. The summed E-state index contributed by atoms with van der Waals surface area (Å²) in [5.41, 5.74) is 0.955. The van der Waals surface area contributed by atoms with Crippen molar-refractivity contribution in [2.45, 2.75) is 44.4 Å². The van der Waals surface area contributed by atoms with Crippen molar-refractivity contribution in [3.8, 4) is 17.0 Å². The summed E-state index contributed by atoms with van der Waals surface area (Å²) in [6, 6.07) is 8.80. The molecule has 0 atom stereocenters. The van der Waals surface area contributed by atoms with Crippen molar-refractivity contribution >= 4 is 23.3 Å². The summed E-state index contributed by atoms with van der Waals surface area (Å²) in [6.07, 6.45) is 2.39. The van der Waals surface area contributed by atoms with E-state index in [0.29, 0.717) is 22.2 Å². The van der Waals surface area contributed by atoms with Gasteiger partial charge in [0.15, 0.2) is 0 Å². The van der Waals surface area contributed by atoms with E-state index >= 15 is 0 Å². The molecule has 0 saturated heterocycles. The number of phenols is 1. The highest BCUT2D eigenvalue weighted by Crippen LogP contribution is 2.33. The lowest BCUT2D eigenvalue weighted by Crippen LogP contribution is -2.40. The SMILES string of the molecule is O=C(Nc1ccc(C(F)(F)F)cc1)NC1CCC(Cn2cncc2-c2cc(Cl)ccc2O)CC1. The Kier molecular flexibility index (Phi) is 7.02. The molecule has 10 heteroatoms. The fourth-order valence-electron chi connectivity index (χ4n) is 4.27. The third-order valence-electron chi connectivity index (χ3n) is 6.05. The van der Waals surface area contributed by atoms with Crippen molar-refractivity contribution in [3.05, 3.63) is 65.6 Å². The lowest BCUT2D eigenvalue weighted by atomic mass is 9.86. The second kappa shape index (κ2) is 9.97. The van der Waals surface area contributed by atoms with E-state index in [4.69, 9.17) is 11.6 Å². The van der Waals surface area contributed by atoms with Crippen LogP contribution >= 0.6 is 11.6 Å². The number of hydrogen-bond donors (Lipinski definition) is 3. The van der Waals surface area contributed by atoms with E-state index in [1.807, 2.05) is 4.57 Å². The minimum absolute atomic E-state index is 0.00932. The van der Waals surface area contributed by atoms with Gasteiger partial charge in [0.1, 0.15) is 5.75 Å². The zero-order valence-electron chi connectivity index (χ0n) is 18.1. The van der Waals surface area contributed by atoms with Crippen LogP contribution in [0.5, 0.6) is 5.75 Å². The van der Waals surface area contributed by atoms with E-state index in [-0.39, 0.29) is 11.8 Å². The van der Waals surface area contributed by atoms with Crippen molar-refractivity contribution in [2.24, 2.45) is 5.92 Å². The van der Waals surface area contributed by atoms with E-state index in [1.165, 1.54) is 12.1 Å².